The minimum atomic E-state index is 0.445. The fourth-order valence-electron chi connectivity index (χ4n) is 1.76. The average molecular weight is 254 g/mol. The predicted octanol–water partition coefficient (Wildman–Crippen LogP) is 2.31. The van der Waals surface area contributed by atoms with Crippen LogP contribution < -0.4 is 15.4 Å². The van der Waals surface area contributed by atoms with E-state index in [4.69, 9.17) is 15.7 Å². The number of anilines is 3. The second-order valence-corrected chi connectivity index (χ2v) is 4.01. The highest BCUT2D eigenvalue weighted by molar-refractivity contribution is 5.72. The summed E-state index contributed by atoms with van der Waals surface area (Å²) >= 11 is 0. The second-order valence-electron chi connectivity index (χ2n) is 4.01. The summed E-state index contributed by atoms with van der Waals surface area (Å²) in [6.07, 6.45) is 1.50. The first kappa shape index (κ1) is 12.7. The zero-order valence-electron chi connectivity index (χ0n) is 10.8. The summed E-state index contributed by atoms with van der Waals surface area (Å²) in [6, 6.07) is 11.2. The van der Waals surface area contributed by atoms with Crippen molar-refractivity contribution in [3.63, 3.8) is 0 Å². The van der Waals surface area contributed by atoms with Gasteiger partial charge >= 0.3 is 0 Å². The molecular formula is C14H14N4O. The summed E-state index contributed by atoms with van der Waals surface area (Å²) in [5.74, 6) is 1.36. The molecule has 1 heterocycles. The molecule has 2 aromatic rings. The fourth-order valence-corrected chi connectivity index (χ4v) is 1.76. The molecule has 0 atom stereocenters. The lowest BCUT2D eigenvalue weighted by atomic mass is 10.2. The first-order valence-corrected chi connectivity index (χ1v) is 5.69. The van der Waals surface area contributed by atoms with Crippen LogP contribution in [0.2, 0.25) is 0 Å². The van der Waals surface area contributed by atoms with Gasteiger partial charge in [-0.15, -0.1) is 0 Å². The lowest BCUT2D eigenvalue weighted by Gasteiger charge is -2.20. The Morgan fingerprint density at radius 1 is 1.37 bits per heavy atom. The van der Waals surface area contributed by atoms with Crippen LogP contribution in [0.1, 0.15) is 5.56 Å². The summed E-state index contributed by atoms with van der Waals surface area (Å²) in [6.45, 7) is 0. The number of rotatable bonds is 3. The minimum Gasteiger partial charge on any atom is -0.497 e. The molecule has 0 amide bonds. The third-order valence-corrected chi connectivity index (χ3v) is 2.78. The summed E-state index contributed by atoms with van der Waals surface area (Å²) in [7, 11) is 3.48. The molecular weight excluding hydrogens is 240 g/mol. The Balaban J connectivity index is 2.38. The molecule has 0 saturated heterocycles. The van der Waals surface area contributed by atoms with E-state index in [-0.39, 0.29) is 0 Å². The Morgan fingerprint density at radius 3 is 2.79 bits per heavy atom. The first-order chi connectivity index (χ1) is 9.15. The van der Waals surface area contributed by atoms with Crippen LogP contribution in [0.5, 0.6) is 5.75 Å². The molecule has 0 spiro atoms. The van der Waals surface area contributed by atoms with E-state index >= 15 is 0 Å². The lowest BCUT2D eigenvalue weighted by Crippen LogP contribution is -2.13. The maximum absolute atomic E-state index is 8.80. The van der Waals surface area contributed by atoms with Crippen LogP contribution in [0, 0.1) is 11.3 Å². The van der Waals surface area contributed by atoms with Gasteiger partial charge in [0.25, 0.3) is 0 Å². The Morgan fingerprint density at radius 2 is 2.16 bits per heavy atom. The minimum absolute atomic E-state index is 0.445. The molecule has 0 aliphatic heterocycles. The van der Waals surface area contributed by atoms with E-state index in [1.807, 2.05) is 42.3 Å². The van der Waals surface area contributed by atoms with Gasteiger partial charge in [-0.2, -0.15) is 5.26 Å². The van der Waals surface area contributed by atoms with Crippen LogP contribution in [-0.2, 0) is 0 Å². The topological polar surface area (TPSA) is 75.2 Å². The van der Waals surface area contributed by atoms with Gasteiger partial charge in [0, 0.05) is 25.0 Å². The molecule has 2 rings (SSSR count). The smallest absolute Gasteiger partial charge is 0.156 e. The summed E-state index contributed by atoms with van der Waals surface area (Å²) in [5, 5.41) is 8.80. The molecule has 0 unspecified atom stereocenters. The van der Waals surface area contributed by atoms with Crippen LogP contribution in [0.25, 0.3) is 0 Å². The second kappa shape index (κ2) is 5.27. The third-order valence-electron chi connectivity index (χ3n) is 2.78. The molecule has 19 heavy (non-hydrogen) atoms. The molecule has 0 fully saturated rings. The fraction of sp³-hybridized carbons (Fsp3) is 0.143. The quantitative estimate of drug-likeness (QED) is 0.909. The number of nitriles is 1. The van der Waals surface area contributed by atoms with Gasteiger partial charge in [0.15, 0.2) is 5.82 Å². The van der Waals surface area contributed by atoms with E-state index in [1.165, 1.54) is 6.20 Å². The molecule has 1 aromatic heterocycles. The number of benzene rings is 1. The standard InChI is InChI=1S/C14H14N4O/c1-18(11-4-3-5-12(7-11)19-2)14-13(16)6-10(8-15)9-17-14/h3-7,9H,16H2,1-2H3. The number of ether oxygens (including phenoxy) is 1. The van der Waals surface area contributed by atoms with E-state index in [9.17, 15) is 0 Å². The highest BCUT2D eigenvalue weighted by Crippen LogP contribution is 2.29. The number of hydrogen-bond acceptors (Lipinski definition) is 5. The van der Waals surface area contributed by atoms with E-state index in [1.54, 1.807) is 13.2 Å². The number of pyridine rings is 1. The summed E-state index contributed by atoms with van der Waals surface area (Å²) in [4.78, 5) is 6.06. The maximum atomic E-state index is 8.80. The molecule has 5 heteroatoms. The Bertz CT molecular complexity index is 634. The van der Waals surface area contributed by atoms with E-state index < -0.39 is 0 Å². The van der Waals surface area contributed by atoms with Gasteiger partial charge in [0.05, 0.1) is 18.4 Å². The number of hydrogen-bond donors (Lipinski definition) is 1. The molecule has 2 N–H and O–H groups in total. The van der Waals surface area contributed by atoms with Crippen LogP contribution in [0.4, 0.5) is 17.2 Å². The molecule has 1 aromatic carbocycles. The third kappa shape index (κ3) is 2.58. The molecule has 0 aliphatic rings. The van der Waals surface area contributed by atoms with Gasteiger partial charge in [0.2, 0.25) is 0 Å². The highest BCUT2D eigenvalue weighted by atomic mass is 16.5. The van der Waals surface area contributed by atoms with Gasteiger partial charge < -0.3 is 15.4 Å². The van der Waals surface area contributed by atoms with Crippen molar-refractivity contribution >= 4 is 17.2 Å². The van der Waals surface area contributed by atoms with Crippen LogP contribution in [0.3, 0.4) is 0 Å². The van der Waals surface area contributed by atoms with Crippen molar-refractivity contribution in [2.45, 2.75) is 0 Å². The van der Waals surface area contributed by atoms with E-state index in [0.29, 0.717) is 17.1 Å². The number of nitrogen functional groups attached to an aromatic ring is 1. The van der Waals surface area contributed by atoms with Crippen molar-refractivity contribution in [1.82, 2.24) is 4.98 Å². The number of aromatic nitrogens is 1. The van der Waals surface area contributed by atoms with E-state index in [0.717, 1.165) is 11.4 Å². The van der Waals surface area contributed by atoms with Crippen LogP contribution >= 0.6 is 0 Å². The predicted molar refractivity (Wildman–Crippen MR) is 74.4 cm³/mol. The number of nitrogens with zero attached hydrogens (tertiary/aromatic N) is 3. The monoisotopic (exact) mass is 254 g/mol. The number of nitrogens with two attached hydrogens (primary N) is 1. The van der Waals surface area contributed by atoms with E-state index in [2.05, 4.69) is 4.98 Å². The molecule has 0 saturated carbocycles. The Hall–Kier alpha value is -2.74. The zero-order chi connectivity index (χ0) is 13.8. The lowest BCUT2D eigenvalue weighted by molar-refractivity contribution is 0.415. The van der Waals surface area contributed by atoms with Gasteiger partial charge in [-0.05, 0) is 18.2 Å². The Kier molecular flexibility index (Phi) is 3.53. The van der Waals surface area contributed by atoms with Crippen molar-refractivity contribution in [3.05, 3.63) is 42.1 Å². The van der Waals surface area contributed by atoms with Crippen molar-refractivity contribution in [1.29, 1.82) is 5.26 Å². The van der Waals surface area contributed by atoms with Gasteiger partial charge in [-0.1, -0.05) is 6.07 Å². The van der Waals surface area contributed by atoms with Crippen molar-refractivity contribution in [3.8, 4) is 11.8 Å². The molecule has 0 radical (unpaired) electrons. The largest absolute Gasteiger partial charge is 0.497 e. The van der Waals surface area contributed by atoms with Crippen molar-refractivity contribution in [2.75, 3.05) is 24.8 Å². The zero-order valence-corrected chi connectivity index (χ0v) is 10.8. The van der Waals surface area contributed by atoms with Gasteiger partial charge in [0.1, 0.15) is 11.8 Å². The average Bonchev–Trinajstić information content (AvgIpc) is 2.46. The number of methoxy groups -OCH3 is 1. The van der Waals surface area contributed by atoms with Crippen molar-refractivity contribution < 1.29 is 4.74 Å². The highest BCUT2D eigenvalue weighted by Gasteiger charge is 2.10. The summed E-state index contributed by atoms with van der Waals surface area (Å²) < 4.78 is 5.19. The SMILES string of the molecule is COc1cccc(N(C)c2ncc(C#N)cc2N)c1. The maximum Gasteiger partial charge on any atom is 0.156 e. The molecule has 96 valence electrons. The summed E-state index contributed by atoms with van der Waals surface area (Å²) in [5.41, 5.74) is 7.73. The van der Waals surface area contributed by atoms with Crippen LogP contribution in [0.15, 0.2) is 36.5 Å². The van der Waals surface area contributed by atoms with Crippen LogP contribution in [-0.4, -0.2) is 19.1 Å². The van der Waals surface area contributed by atoms with Gasteiger partial charge in [-0.3, -0.25) is 0 Å². The molecule has 0 bridgehead atoms. The normalized spacial score (nSPS) is 9.74. The first-order valence-electron chi connectivity index (χ1n) is 5.69. The van der Waals surface area contributed by atoms with Gasteiger partial charge in [-0.25, -0.2) is 4.98 Å². The molecule has 0 aliphatic carbocycles. The Labute approximate surface area is 111 Å². The molecule has 5 nitrogen and oxygen atoms in total. The van der Waals surface area contributed by atoms with Crippen molar-refractivity contribution in [2.24, 2.45) is 0 Å².